The Kier molecular flexibility index (Phi) is 4.90. The van der Waals surface area contributed by atoms with E-state index < -0.39 is 9.84 Å². The van der Waals surface area contributed by atoms with Crippen molar-refractivity contribution in [3.05, 3.63) is 59.7 Å². The molecule has 5 nitrogen and oxygen atoms in total. The van der Waals surface area contributed by atoms with Crippen LogP contribution in [0.25, 0.3) is 0 Å². The number of rotatable bonds is 4. The molecule has 2 atom stereocenters. The van der Waals surface area contributed by atoms with Gasteiger partial charge in [0.05, 0.1) is 36.4 Å². The smallest absolute Gasteiger partial charge is 0.164 e. The first kappa shape index (κ1) is 18.4. The molecule has 2 aromatic rings. The van der Waals surface area contributed by atoms with Crippen LogP contribution in [0.1, 0.15) is 11.1 Å². The van der Waals surface area contributed by atoms with Gasteiger partial charge in [-0.15, -0.1) is 0 Å². The summed E-state index contributed by atoms with van der Waals surface area (Å²) in [7, 11) is -1.43. The van der Waals surface area contributed by atoms with E-state index in [2.05, 4.69) is 24.0 Å². The van der Waals surface area contributed by atoms with Crippen molar-refractivity contribution in [3.63, 3.8) is 0 Å². The topological polar surface area (TPSA) is 59.0 Å². The van der Waals surface area contributed by atoms with Gasteiger partial charge in [-0.3, -0.25) is 4.99 Å². The van der Waals surface area contributed by atoms with E-state index in [4.69, 9.17) is 9.73 Å². The molecule has 4 rings (SSSR count). The average molecular weight is 403 g/mol. The summed E-state index contributed by atoms with van der Waals surface area (Å²) in [6.07, 6.45) is 0. The van der Waals surface area contributed by atoms with Gasteiger partial charge < -0.3 is 9.64 Å². The van der Waals surface area contributed by atoms with Crippen LogP contribution >= 0.6 is 11.8 Å². The Labute approximate surface area is 164 Å². The number of hydrogen-bond donors (Lipinski definition) is 0. The third-order valence-corrected chi connectivity index (χ3v) is 7.78. The van der Waals surface area contributed by atoms with Crippen LogP contribution in [-0.2, 0) is 15.6 Å². The second kappa shape index (κ2) is 7.20. The second-order valence-corrected chi connectivity index (χ2v) is 9.98. The summed E-state index contributed by atoms with van der Waals surface area (Å²) in [5, 5.41) is 0.868. The van der Waals surface area contributed by atoms with E-state index in [1.165, 1.54) is 11.1 Å². The number of hydrogen-bond acceptors (Lipinski definition) is 6. The van der Waals surface area contributed by atoms with Gasteiger partial charge in [0.25, 0.3) is 0 Å². The van der Waals surface area contributed by atoms with Crippen LogP contribution in [0.2, 0.25) is 0 Å². The fourth-order valence-corrected chi connectivity index (χ4v) is 6.69. The molecule has 0 unspecified atom stereocenters. The number of anilines is 1. The van der Waals surface area contributed by atoms with Crippen molar-refractivity contribution >= 4 is 32.5 Å². The van der Waals surface area contributed by atoms with Crippen molar-refractivity contribution in [2.75, 3.05) is 23.5 Å². The summed E-state index contributed by atoms with van der Waals surface area (Å²) in [4.78, 5) is 6.86. The van der Waals surface area contributed by atoms with Gasteiger partial charge in [0.15, 0.2) is 15.0 Å². The molecule has 0 radical (unpaired) electrons. The molecule has 0 aliphatic carbocycles. The molecule has 0 N–H and O–H groups in total. The molecule has 1 fully saturated rings. The van der Waals surface area contributed by atoms with Crippen molar-refractivity contribution in [3.8, 4) is 5.75 Å². The monoisotopic (exact) mass is 402 g/mol. The number of aliphatic imine (C=N–C) groups is 1. The Morgan fingerprint density at radius 2 is 1.89 bits per heavy atom. The van der Waals surface area contributed by atoms with Crippen molar-refractivity contribution in [2.45, 2.75) is 24.8 Å². The van der Waals surface area contributed by atoms with E-state index in [1.54, 1.807) is 18.9 Å². The predicted molar refractivity (Wildman–Crippen MR) is 112 cm³/mol. The van der Waals surface area contributed by atoms with Gasteiger partial charge in [0.1, 0.15) is 5.75 Å². The highest BCUT2D eigenvalue weighted by molar-refractivity contribution is 8.13. The Morgan fingerprint density at radius 1 is 1.15 bits per heavy atom. The Bertz CT molecular complexity index is 988. The van der Waals surface area contributed by atoms with E-state index >= 15 is 0 Å². The minimum atomic E-state index is -3.06. The maximum Gasteiger partial charge on any atom is 0.164 e. The number of nitrogens with zero attached hydrogens (tertiary/aromatic N) is 2. The molecule has 2 aliphatic heterocycles. The summed E-state index contributed by atoms with van der Waals surface area (Å²) in [5.41, 5.74) is 3.38. The molecule has 0 saturated carbocycles. The quantitative estimate of drug-likeness (QED) is 0.786. The standard InChI is InChI=1S/C20H22N2O3S2/c1-14-7-3-4-8-15(14)11-26-20-21-16-12-27(23,24)13-18(16)22(20)17-9-5-6-10-19(17)25-2/h3-10,16,18H,11-13H2,1-2H3/t16-,18-/m0/s1. The minimum Gasteiger partial charge on any atom is -0.495 e. The van der Waals surface area contributed by atoms with Gasteiger partial charge in [-0.1, -0.05) is 48.2 Å². The van der Waals surface area contributed by atoms with Crippen LogP contribution < -0.4 is 9.64 Å². The number of thioether (sulfide) groups is 1. The van der Waals surface area contributed by atoms with Gasteiger partial charge in [0.2, 0.25) is 0 Å². The number of benzene rings is 2. The molecular weight excluding hydrogens is 380 g/mol. The van der Waals surface area contributed by atoms with Gasteiger partial charge in [-0.25, -0.2) is 8.42 Å². The fourth-order valence-electron chi connectivity index (χ4n) is 3.66. The summed E-state index contributed by atoms with van der Waals surface area (Å²) in [6, 6.07) is 15.7. The lowest BCUT2D eigenvalue weighted by molar-refractivity contribution is 0.415. The summed E-state index contributed by atoms with van der Waals surface area (Å²) in [6.45, 7) is 2.10. The zero-order valence-corrected chi connectivity index (χ0v) is 17.0. The lowest BCUT2D eigenvalue weighted by Gasteiger charge is -2.28. The van der Waals surface area contributed by atoms with Crippen molar-refractivity contribution in [2.24, 2.45) is 4.99 Å². The van der Waals surface area contributed by atoms with E-state index in [0.29, 0.717) is 0 Å². The molecule has 2 heterocycles. The number of ether oxygens (including phenoxy) is 1. The first-order chi connectivity index (χ1) is 13.0. The highest BCUT2D eigenvalue weighted by Crippen LogP contribution is 2.39. The lowest BCUT2D eigenvalue weighted by Crippen LogP contribution is -2.39. The van der Waals surface area contributed by atoms with E-state index in [9.17, 15) is 8.42 Å². The summed E-state index contributed by atoms with van der Waals surface area (Å²) in [5.74, 6) is 1.78. The van der Waals surface area contributed by atoms with Crippen LogP contribution in [-0.4, -0.2) is 44.3 Å². The first-order valence-corrected chi connectivity index (χ1v) is 11.7. The van der Waals surface area contributed by atoms with Crippen LogP contribution in [0.5, 0.6) is 5.75 Å². The zero-order valence-electron chi connectivity index (χ0n) is 15.3. The number of aryl methyl sites for hydroxylation is 1. The van der Waals surface area contributed by atoms with E-state index in [0.717, 1.165) is 22.4 Å². The van der Waals surface area contributed by atoms with E-state index in [-0.39, 0.29) is 23.6 Å². The van der Waals surface area contributed by atoms with Crippen molar-refractivity contribution in [1.82, 2.24) is 0 Å². The van der Waals surface area contributed by atoms with Gasteiger partial charge >= 0.3 is 0 Å². The van der Waals surface area contributed by atoms with Crippen molar-refractivity contribution in [1.29, 1.82) is 0 Å². The Morgan fingerprint density at radius 3 is 2.67 bits per heavy atom. The third-order valence-electron chi connectivity index (χ3n) is 5.07. The van der Waals surface area contributed by atoms with Crippen LogP contribution in [0.4, 0.5) is 5.69 Å². The van der Waals surface area contributed by atoms with Crippen LogP contribution in [0, 0.1) is 6.92 Å². The predicted octanol–water partition coefficient (Wildman–Crippen LogP) is 3.28. The van der Waals surface area contributed by atoms with Crippen LogP contribution in [0.3, 0.4) is 0 Å². The lowest BCUT2D eigenvalue weighted by atomic mass is 10.1. The number of sulfone groups is 1. The molecule has 0 aromatic heterocycles. The maximum absolute atomic E-state index is 12.2. The zero-order chi connectivity index (χ0) is 19.0. The molecule has 0 amide bonds. The Balaban J connectivity index is 1.67. The number of para-hydroxylation sites is 2. The van der Waals surface area contributed by atoms with Gasteiger partial charge in [-0.2, -0.15) is 0 Å². The number of methoxy groups -OCH3 is 1. The van der Waals surface area contributed by atoms with Crippen molar-refractivity contribution < 1.29 is 13.2 Å². The second-order valence-electron chi connectivity index (χ2n) is 6.88. The molecule has 27 heavy (non-hydrogen) atoms. The molecule has 2 aliphatic rings. The number of amidine groups is 1. The minimum absolute atomic E-state index is 0.123. The highest BCUT2D eigenvalue weighted by Gasteiger charge is 2.47. The van der Waals surface area contributed by atoms with Crippen LogP contribution in [0.15, 0.2) is 53.5 Å². The van der Waals surface area contributed by atoms with Gasteiger partial charge in [0, 0.05) is 5.75 Å². The Hall–Kier alpha value is -1.99. The third kappa shape index (κ3) is 3.58. The SMILES string of the molecule is COc1ccccc1N1C(SCc2ccccc2C)=N[C@H]2CS(=O)(=O)C[C@@H]21. The normalized spacial score (nSPS) is 23.2. The maximum atomic E-state index is 12.2. The average Bonchev–Trinajstić information content (AvgIpc) is 3.12. The molecule has 2 aromatic carbocycles. The van der Waals surface area contributed by atoms with Gasteiger partial charge in [-0.05, 0) is 30.2 Å². The number of fused-ring (bicyclic) bond motifs is 1. The molecule has 1 saturated heterocycles. The molecule has 0 bridgehead atoms. The molecule has 0 spiro atoms. The molecule has 142 valence electrons. The highest BCUT2D eigenvalue weighted by atomic mass is 32.2. The fraction of sp³-hybridized carbons (Fsp3) is 0.350. The largest absolute Gasteiger partial charge is 0.495 e. The first-order valence-electron chi connectivity index (χ1n) is 8.86. The summed E-state index contributed by atoms with van der Waals surface area (Å²) < 4.78 is 29.9. The summed E-state index contributed by atoms with van der Waals surface area (Å²) >= 11 is 1.66. The molecule has 7 heteroatoms. The van der Waals surface area contributed by atoms with E-state index in [1.807, 2.05) is 36.4 Å². The molecular formula is C20H22N2O3S2.